The zero-order valence-electron chi connectivity index (χ0n) is 12.0. The van der Waals surface area contributed by atoms with Crippen LogP contribution in [0.2, 0.25) is 0 Å². The first-order valence-electron chi connectivity index (χ1n) is 7.07. The first-order valence-corrected chi connectivity index (χ1v) is 7.07. The molecule has 102 valence electrons. The van der Waals surface area contributed by atoms with Crippen molar-refractivity contribution in [2.75, 3.05) is 0 Å². The van der Waals surface area contributed by atoms with Crippen LogP contribution in [-0.4, -0.2) is 15.3 Å². The molecule has 2 aromatic rings. The minimum atomic E-state index is 0.290. The topological polar surface area (TPSA) is 34.9 Å². The molecule has 2 rings (SSSR count). The number of Topliss-reactive ketones (excluding diaryl/α,β-unsaturated/α-hetero) is 1. The van der Waals surface area contributed by atoms with Gasteiger partial charge in [0, 0.05) is 13.0 Å². The van der Waals surface area contributed by atoms with Crippen LogP contribution in [-0.2, 0) is 17.8 Å². The van der Waals surface area contributed by atoms with E-state index in [2.05, 4.69) is 36.4 Å². The maximum Gasteiger partial charge on any atom is 0.140 e. The number of hydrogen-bond donors (Lipinski definition) is 0. The van der Waals surface area contributed by atoms with Gasteiger partial charge in [0.2, 0.25) is 0 Å². The SMILES string of the molecule is CCn1c(CC(=O)CCC(C)C)nc2ccccc21. The molecule has 0 aliphatic carbocycles. The van der Waals surface area contributed by atoms with Crippen LogP contribution in [0.3, 0.4) is 0 Å². The van der Waals surface area contributed by atoms with Gasteiger partial charge in [-0.3, -0.25) is 4.79 Å². The van der Waals surface area contributed by atoms with Crippen LogP contribution in [0.25, 0.3) is 11.0 Å². The van der Waals surface area contributed by atoms with Crippen molar-refractivity contribution in [1.82, 2.24) is 9.55 Å². The molecule has 1 aromatic carbocycles. The third kappa shape index (κ3) is 3.22. The number of para-hydroxylation sites is 2. The van der Waals surface area contributed by atoms with Crippen molar-refractivity contribution in [2.45, 2.75) is 46.6 Å². The van der Waals surface area contributed by atoms with E-state index < -0.39 is 0 Å². The highest BCUT2D eigenvalue weighted by Crippen LogP contribution is 2.17. The second-order valence-electron chi connectivity index (χ2n) is 5.41. The zero-order valence-corrected chi connectivity index (χ0v) is 12.0. The molecule has 0 spiro atoms. The maximum absolute atomic E-state index is 12.0. The Morgan fingerprint density at radius 1 is 1.32 bits per heavy atom. The van der Waals surface area contributed by atoms with E-state index >= 15 is 0 Å². The summed E-state index contributed by atoms with van der Waals surface area (Å²) in [6.07, 6.45) is 2.07. The number of carbonyl (C=O) groups excluding carboxylic acids is 1. The van der Waals surface area contributed by atoms with Gasteiger partial charge in [0.05, 0.1) is 17.5 Å². The second-order valence-corrected chi connectivity index (χ2v) is 5.41. The fourth-order valence-corrected chi connectivity index (χ4v) is 2.33. The van der Waals surface area contributed by atoms with Crippen LogP contribution in [0.5, 0.6) is 0 Å². The van der Waals surface area contributed by atoms with Crippen molar-refractivity contribution < 1.29 is 4.79 Å². The molecule has 1 heterocycles. The molecule has 0 fully saturated rings. The molecular weight excluding hydrogens is 236 g/mol. The number of nitrogens with zero attached hydrogens (tertiary/aromatic N) is 2. The van der Waals surface area contributed by atoms with Gasteiger partial charge in [0.25, 0.3) is 0 Å². The van der Waals surface area contributed by atoms with Crippen LogP contribution in [0.15, 0.2) is 24.3 Å². The van der Waals surface area contributed by atoms with E-state index in [0.29, 0.717) is 24.5 Å². The lowest BCUT2D eigenvalue weighted by molar-refractivity contribution is -0.118. The predicted octanol–water partition coefficient (Wildman–Crippen LogP) is 3.60. The summed E-state index contributed by atoms with van der Waals surface area (Å²) in [6, 6.07) is 8.07. The predicted molar refractivity (Wildman–Crippen MR) is 78.2 cm³/mol. The van der Waals surface area contributed by atoms with Gasteiger partial charge in [-0.2, -0.15) is 0 Å². The summed E-state index contributed by atoms with van der Waals surface area (Å²) >= 11 is 0. The van der Waals surface area contributed by atoms with Crippen LogP contribution in [0.4, 0.5) is 0 Å². The standard InChI is InChI=1S/C16H22N2O/c1-4-18-15-8-6-5-7-14(15)17-16(18)11-13(19)10-9-12(2)3/h5-8,12H,4,9-11H2,1-3H3. The van der Waals surface area contributed by atoms with Gasteiger partial charge < -0.3 is 4.57 Å². The molecule has 0 saturated heterocycles. The molecule has 0 atom stereocenters. The van der Waals surface area contributed by atoms with Crippen LogP contribution in [0.1, 0.15) is 39.4 Å². The van der Waals surface area contributed by atoms with Crippen molar-refractivity contribution in [3.8, 4) is 0 Å². The molecule has 0 aliphatic rings. The molecule has 1 aromatic heterocycles. The third-order valence-electron chi connectivity index (χ3n) is 3.41. The monoisotopic (exact) mass is 258 g/mol. The average molecular weight is 258 g/mol. The lowest BCUT2D eigenvalue weighted by Crippen LogP contribution is -2.10. The zero-order chi connectivity index (χ0) is 13.8. The van der Waals surface area contributed by atoms with Crippen molar-refractivity contribution >= 4 is 16.8 Å². The summed E-state index contributed by atoms with van der Waals surface area (Å²) in [5.74, 6) is 1.77. The Balaban J connectivity index is 2.18. The van der Waals surface area contributed by atoms with Gasteiger partial charge >= 0.3 is 0 Å². The smallest absolute Gasteiger partial charge is 0.140 e. The van der Waals surface area contributed by atoms with E-state index in [1.54, 1.807) is 0 Å². The highest BCUT2D eigenvalue weighted by molar-refractivity contribution is 5.82. The molecular formula is C16H22N2O. The summed E-state index contributed by atoms with van der Waals surface area (Å²) < 4.78 is 2.14. The van der Waals surface area contributed by atoms with Crippen LogP contribution >= 0.6 is 0 Å². The van der Waals surface area contributed by atoms with Crippen molar-refractivity contribution in [3.05, 3.63) is 30.1 Å². The molecule has 3 heteroatoms. The Kier molecular flexibility index (Phi) is 4.35. The lowest BCUT2D eigenvalue weighted by Gasteiger charge is -2.06. The fourth-order valence-electron chi connectivity index (χ4n) is 2.33. The first kappa shape index (κ1) is 13.8. The van der Waals surface area contributed by atoms with Crippen molar-refractivity contribution in [3.63, 3.8) is 0 Å². The summed E-state index contributed by atoms with van der Waals surface area (Å²) in [6.45, 7) is 7.24. The Labute approximate surface area is 114 Å². The number of carbonyl (C=O) groups is 1. The number of hydrogen-bond acceptors (Lipinski definition) is 2. The Hall–Kier alpha value is -1.64. The second kappa shape index (κ2) is 6.00. The van der Waals surface area contributed by atoms with E-state index in [0.717, 1.165) is 29.8 Å². The molecule has 0 saturated carbocycles. The van der Waals surface area contributed by atoms with E-state index in [1.807, 2.05) is 18.2 Å². The third-order valence-corrected chi connectivity index (χ3v) is 3.41. The van der Waals surface area contributed by atoms with E-state index in [1.165, 1.54) is 0 Å². The van der Waals surface area contributed by atoms with Gasteiger partial charge in [-0.25, -0.2) is 4.98 Å². The van der Waals surface area contributed by atoms with Crippen LogP contribution in [0, 0.1) is 5.92 Å². The van der Waals surface area contributed by atoms with Crippen LogP contribution < -0.4 is 0 Å². The molecule has 0 bridgehead atoms. The van der Waals surface area contributed by atoms with Crippen molar-refractivity contribution in [1.29, 1.82) is 0 Å². The summed E-state index contributed by atoms with van der Waals surface area (Å²) in [4.78, 5) is 16.6. The van der Waals surface area contributed by atoms with Gasteiger partial charge in [-0.05, 0) is 31.4 Å². The number of aromatic nitrogens is 2. The highest BCUT2D eigenvalue weighted by atomic mass is 16.1. The molecule has 0 radical (unpaired) electrons. The largest absolute Gasteiger partial charge is 0.328 e. The normalized spacial score (nSPS) is 11.4. The molecule has 3 nitrogen and oxygen atoms in total. The van der Waals surface area contributed by atoms with E-state index in [4.69, 9.17) is 0 Å². The fraction of sp³-hybridized carbons (Fsp3) is 0.500. The molecule has 0 aliphatic heterocycles. The molecule has 19 heavy (non-hydrogen) atoms. The van der Waals surface area contributed by atoms with Gasteiger partial charge in [0.1, 0.15) is 11.6 Å². The van der Waals surface area contributed by atoms with Gasteiger partial charge in [0.15, 0.2) is 0 Å². The molecule has 0 unspecified atom stereocenters. The summed E-state index contributed by atoms with van der Waals surface area (Å²) in [5, 5.41) is 0. The number of rotatable bonds is 6. The Bertz CT molecular complexity index is 569. The summed E-state index contributed by atoms with van der Waals surface area (Å²) in [7, 11) is 0. The Morgan fingerprint density at radius 2 is 2.05 bits per heavy atom. The van der Waals surface area contributed by atoms with Crippen molar-refractivity contribution in [2.24, 2.45) is 5.92 Å². The minimum Gasteiger partial charge on any atom is -0.328 e. The number of aryl methyl sites for hydroxylation is 1. The van der Waals surface area contributed by atoms with Gasteiger partial charge in [-0.15, -0.1) is 0 Å². The number of ketones is 1. The average Bonchev–Trinajstić information content (AvgIpc) is 2.73. The van der Waals surface area contributed by atoms with E-state index in [-0.39, 0.29) is 0 Å². The lowest BCUT2D eigenvalue weighted by atomic mass is 10.0. The maximum atomic E-state index is 12.0. The van der Waals surface area contributed by atoms with Gasteiger partial charge in [-0.1, -0.05) is 26.0 Å². The van der Waals surface area contributed by atoms with E-state index in [9.17, 15) is 4.79 Å². The quantitative estimate of drug-likeness (QED) is 0.793. The highest BCUT2D eigenvalue weighted by Gasteiger charge is 2.13. The molecule has 0 amide bonds. The number of imidazole rings is 1. The molecule has 0 N–H and O–H groups in total. The Morgan fingerprint density at radius 3 is 2.74 bits per heavy atom. The number of fused-ring (bicyclic) bond motifs is 1. The minimum absolute atomic E-state index is 0.290. The first-order chi connectivity index (χ1) is 9.11. The summed E-state index contributed by atoms with van der Waals surface area (Å²) in [5.41, 5.74) is 2.10. The number of benzene rings is 1.